The van der Waals surface area contributed by atoms with Crippen LogP contribution < -0.4 is 9.47 Å². The van der Waals surface area contributed by atoms with E-state index in [1.165, 1.54) is 17.2 Å². The molecule has 37 heavy (non-hydrogen) atoms. The third-order valence-electron chi connectivity index (χ3n) is 6.04. The number of nitrogens with zero attached hydrogens (tertiary/aromatic N) is 1. The van der Waals surface area contributed by atoms with E-state index < -0.39 is 23.5 Å². The fourth-order valence-electron chi connectivity index (χ4n) is 4.22. The van der Waals surface area contributed by atoms with Crippen LogP contribution in [-0.2, 0) is 16.1 Å². The molecule has 0 bridgehead atoms. The van der Waals surface area contributed by atoms with Crippen molar-refractivity contribution < 1.29 is 28.6 Å². The van der Waals surface area contributed by atoms with Crippen LogP contribution in [0.1, 0.15) is 49.6 Å². The molecular weight excluding hydrogens is 470 g/mol. The molecule has 1 aromatic heterocycles. The van der Waals surface area contributed by atoms with E-state index in [1.54, 1.807) is 36.4 Å². The Balaban J connectivity index is 1.73. The molecule has 0 fully saturated rings. The van der Waals surface area contributed by atoms with E-state index in [0.29, 0.717) is 36.0 Å². The summed E-state index contributed by atoms with van der Waals surface area (Å²) in [6, 6.07) is 17.3. The molecule has 1 aliphatic rings. The standard InChI is InChI=1S/C30H31NO6/c1-3-5-17-37-25-16-14-22(19-26(25)35-4-2)28-27(24(32)15-13-21-10-7-6-8-11-21)29(33)30(34)31(28)20-23-12-9-18-36-23/h6-16,18-19,28,33H,3-5,17,20H2,1-2H3. The lowest BCUT2D eigenvalue weighted by Gasteiger charge is -2.26. The molecule has 2 aromatic carbocycles. The predicted molar refractivity (Wildman–Crippen MR) is 140 cm³/mol. The molecule has 1 unspecified atom stereocenters. The molecule has 0 saturated carbocycles. The van der Waals surface area contributed by atoms with E-state index in [-0.39, 0.29) is 12.1 Å². The molecule has 0 radical (unpaired) electrons. The van der Waals surface area contributed by atoms with Crippen molar-refractivity contribution in [2.75, 3.05) is 13.2 Å². The number of hydrogen-bond donors (Lipinski definition) is 1. The number of furan rings is 1. The zero-order chi connectivity index (χ0) is 26.2. The normalized spacial score (nSPS) is 15.6. The van der Waals surface area contributed by atoms with Crippen molar-refractivity contribution in [1.82, 2.24) is 4.90 Å². The van der Waals surface area contributed by atoms with Gasteiger partial charge in [-0.2, -0.15) is 0 Å². The van der Waals surface area contributed by atoms with Gasteiger partial charge in [0, 0.05) is 0 Å². The molecule has 7 nitrogen and oxygen atoms in total. The summed E-state index contributed by atoms with van der Waals surface area (Å²) < 4.78 is 17.2. The average Bonchev–Trinajstić information content (AvgIpc) is 3.51. The van der Waals surface area contributed by atoms with Crippen LogP contribution >= 0.6 is 0 Å². The Labute approximate surface area is 216 Å². The Morgan fingerprint density at radius 1 is 1.05 bits per heavy atom. The number of aliphatic hydroxyl groups excluding tert-OH is 1. The lowest BCUT2D eigenvalue weighted by molar-refractivity contribution is -0.130. The fourth-order valence-corrected chi connectivity index (χ4v) is 4.22. The lowest BCUT2D eigenvalue weighted by Crippen LogP contribution is -2.30. The number of rotatable bonds is 12. The number of ether oxygens (including phenoxy) is 2. The quantitative estimate of drug-likeness (QED) is 0.241. The second-order valence-corrected chi connectivity index (χ2v) is 8.63. The van der Waals surface area contributed by atoms with Crippen molar-refractivity contribution in [3.05, 3.63) is 101 Å². The van der Waals surface area contributed by atoms with Crippen molar-refractivity contribution in [2.24, 2.45) is 0 Å². The summed E-state index contributed by atoms with van der Waals surface area (Å²) in [5, 5.41) is 10.9. The fraction of sp³-hybridized carbons (Fsp3) is 0.267. The molecular formula is C30H31NO6. The Bertz CT molecular complexity index is 1280. The molecule has 192 valence electrons. The first-order chi connectivity index (χ1) is 18.0. The first kappa shape index (κ1) is 25.8. The third kappa shape index (κ3) is 5.94. The van der Waals surface area contributed by atoms with Crippen molar-refractivity contribution in [1.29, 1.82) is 0 Å². The van der Waals surface area contributed by atoms with Crippen molar-refractivity contribution in [2.45, 2.75) is 39.3 Å². The number of carbonyl (C=O) groups excluding carboxylic acids is 2. The maximum atomic E-state index is 13.4. The van der Waals surface area contributed by atoms with Gasteiger partial charge in [0.2, 0.25) is 0 Å². The Morgan fingerprint density at radius 2 is 1.86 bits per heavy atom. The minimum absolute atomic E-state index is 0.00540. The monoisotopic (exact) mass is 501 g/mol. The lowest BCUT2D eigenvalue weighted by atomic mass is 9.95. The summed E-state index contributed by atoms with van der Waals surface area (Å²) in [5.74, 6) is -0.0303. The summed E-state index contributed by atoms with van der Waals surface area (Å²) in [6.07, 6.45) is 6.46. The summed E-state index contributed by atoms with van der Waals surface area (Å²) in [4.78, 5) is 28.0. The van der Waals surface area contributed by atoms with Crippen molar-refractivity contribution >= 4 is 17.8 Å². The van der Waals surface area contributed by atoms with E-state index >= 15 is 0 Å². The summed E-state index contributed by atoms with van der Waals surface area (Å²) in [6.45, 7) is 5.01. The first-order valence-electron chi connectivity index (χ1n) is 12.5. The smallest absolute Gasteiger partial charge is 0.290 e. The molecule has 7 heteroatoms. The number of carbonyl (C=O) groups is 2. The molecule has 0 saturated heterocycles. The molecule has 4 rings (SSSR count). The SMILES string of the molecule is CCCCOc1ccc(C2C(C(=O)C=Cc3ccccc3)=C(O)C(=O)N2Cc2ccco2)cc1OCC. The number of unbranched alkanes of at least 4 members (excludes halogenated alkanes) is 1. The maximum Gasteiger partial charge on any atom is 0.290 e. The predicted octanol–water partition coefficient (Wildman–Crippen LogP) is 6.04. The van der Waals surface area contributed by atoms with Gasteiger partial charge in [0.05, 0.1) is 37.6 Å². The molecule has 1 aliphatic heterocycles. The van der Waals surface area contributed by atoms with Gasteiger partial charge in [-0.15, -0.1) is 0 Å². The van der Waals surface area contributed by atoms with Gasteiger partial charge in [0.15, 0.2) is 23.0 Å². The average molecular weight is 502 g/mol. The third-order valence-corrected chi connectivity index (χ3v) is 6.04. The number of amides is 1. The van der Waals surface area contributed by atoms with E-state index in [0.717, 1.165) is 18.4 Å². The highest BCUT2D eigenvalue weighted by molar-refractivity contribution is 6.14. The number of aliphatic hydroxyl groups is 1. The van der Waals surface area contributed by atoms with Crippen LogP contribution in [0.25, 0.3) is 6.08 Å². The minimum atomic E-state index is -0.838. The minimum Gasteiger partial charge on any atom is -0.503 e. The van der Waals surface area contributed by atoms with Gasteiger partial charge in [-0.25, -0.2) is 0 Å². The summed E-state index contributed by atoms with van der Waals surface area (Å²) in [5.41, 5.74) is 1.45. The van der Waals surface area contributed by atoms with Crippen LogP contribution in [-0.4, -0.2) is 34.9 Å². The highest BCUT2D eigenvalue weighted by Gasteiger charge is 2.43. The summed E-state index contributed by atoms with van der Waals surface area (Å²) in [7, 11) is 0. The highest BCUT2D eigenvalue weighted by Crippen LogP contribution is 2.42. The van der Waals surface area contributed by atoms with Crippen LogP contribution in [0.5, 0.6) is 11.5 Å². The van der Waals surface area contributed by atoms with Gasteiger partial charge in [-0.05, 0) is 54.8 Å². The van der Waals surface area contributed by atoms with E-state index in [2.05, 4.69) is 6.92 Å². The van der Waals surface area contributed by atoms with Crippen LogP contribution in [0.15, 0.2) is 88.8 Å². The van der Waals surface area contributed by atoms with Gasteiger partial charge < -0.3 is 23.9 Å². The van der Waals surface area contributed by atoms with E-state index in [4.69, 9.17) is 13.9 Å². The van der Waals surface area contributed by atoms with Gasteiger partial charge >= 0.3 is 0 Å². The van der Waals surface area contributed by atoms with Crippen LogP contribution in [0, 0.1) is 0 Å². The van der Waals surface area contributed by atoms with Crippen LogP contribution in [0.4, 0.5) is 0 Å². The first-order valence-corrected chi connectivity index (χ1v) is 12.5. The van der Waals surface area contributed by atoms with Crippen LogP contribution in [0.2, 0.25) is 0 Å². The number of benzene rings is 2. The Kier molecular flexibility index (Phi) is 8.46. The second-order valence-electron chi connectivity index (χ2n) is 8.63. The zero-order valence-corrected chi connectivity index (χ0v) is 21.1. The number of hydrogen-bond acceptors (Lipinski definition) is 6. The second kappa shape index (κ2) is 12.1. The molecule has 3 aromatic rings. The Hall–Kier alpha value is -4.26. The maximum absolute atomic E-state index is 13.4. The van der Waals surface area contributed by atoms with Crippen molar-refractivity contribution in [3.63, 3.8) is 0 Å². The van der Waals surface area contributed by atoms with Gasteiger partial charge in [0.25, 0.3) is 5.91 Å². The Morgan fingerprint density at radius 3 is 2.57 bits per heavy atom. The molecule has 1 atom stereocenters. The van der Waals surface area contributed by atoms with Crippen molar-refractivity contribution in [3.8, 4) is 11.5 Å². The van der Waals surface area contributed by atoms with E-state index in [1.807, 2.05) is 37.3 Å². The van der Waals surface area contributed by atoms with Crippen LogP contribution in [0.3, 0.4) is 0 Å². The molecule has 0 spiro atoms. The largest absolute Gasteiger partial charge is 0.503 e. The molecule has 2 heterocycles. The molecule has 1 amide bonds. The zero-order valence-electron chi connectivity index (χ0n) is 21.1. The number of ketones is 1. The highest BCUT2D eigenvalue weighted by atomic mass is 16.5. The molecule has 1 N–H and O–H groups in total. The molecule has 0 aliphatic carbocycles. The van der Waals surface area contributed by atoms with E-state index in [9.17, 15) is 14.7 Å². The van der Waals surface area contributed by atoms with Gasteiger partial charge in [-0.1, -0.05) is 55.8 Å². The number of allylic oxidation sites excluding steroid dienone is 1. The summed E-state index contributed by atoms with van der Waals surface area (Å²) >= 11 is 0. The van der Waals surface area contributed by atoms with Gasteiger partial charge in [0.1, 0.15) is 5.76 Å². The topological polar surface area (TPSA) is 89.2 Å². The van der Waals surface area contributed by atoms with Gasteiger partial charge in [-0.3, -0.25) is 9.59 Å².